The maximum absolute atomic E-state index is 9.50. The number of para-hydroxylation sites is 1. The first-order valence-corrected chi connectivity index (χ1v) is 8.51. The topological polar surface area (TPSA) is 73.3 Å². The molecule has 0 aliphatic heterocycles. The predicted octanol–water partition coefficient (Wildman–Crippen LogP) is 3.21. The van der Waals surface area contributed by atoms with Crippen molar-refractivity contribution in [1.82, 2.24) is 9.78 Å². The molecule has 5 heteroatoms. The summed E-state index contributed by atoms with van der Waals surface area (Å²) in [6.07, 6.45) is 2.62. The third-order valence-corrected chi connectivity index (χ3v) is 4.32. The first-order chi connectivity index (χ1) is 12.2. The van der Waals surface area contributed by atoms with E-state index in [0.29, 0.717) is 18.3 Å². The lowest BCUT2D eigenvalue weighted by atomic mass is 10.1. The lowest BCUT2D eigenvalue weighted by Crippen LogP contribution is -2.06. The summed E-state index contributed by atoms with van der Waals surface area (Å²) in [4.78, 5) is 0. The van der Waals surface area contributed by atoms with E-state index in [4.69, 9.17) is 10.5 Å². The van der Waals surface area contributed by atoms with Crippen LogP contribution in [-0.2, 0) is 13.2 Å². The Morgan fingerprint density at radius 2 is 1.96 bits per heavy atom. The fourth-order valence-corrected chi connectivity index (χ4v) is 2.85. The molecule has 25 heavy (non-hydrogen) atoms. The van der Waals surface area contributed by atoms with Crippen LogP contribution < -0.4 is 10.5 Å². The van der Waals surface area contributed by atoms with Crippen LogP contribution in [0.1, 0.15) is 24.1 Å². The second-order valence-electron chi connectivity index (χ2n) is 6.38. The molecule has 1 heterocycles. The van der Waals surface area contributed by atoms with Crippen molar-refractivity contribution in [2.45, 2.75) is 32.1 Å². The summed E-state index contributed by atoms with van der Waals surface area (Å²) in [6, 6.07) is 17.7. The quantitative estimate of drug-likeness (QED) is 0.679. The second-order valence-corrected chi connectivity index (χ2v) is 6.38. The van der Waals surface area contributed by atoms with Crippen LogP contribution in [0.25, 0.3) is 11.3 Å². The van der Waals surface area contributed by atoms with Gasteiger partial charge in [0.1, 0.15) is 5.75 Å². The van der Waals surface area contributed by atoms with Gasteiger partial charge < -0.3 is 15.6 Å². The van der Waals surface area contributed by atoms with Gasteiger partial charge in [0.25, 0.3) is 0 Å². The molecule has 0 unspecified atom stereocenters. The van der Waals surface area contributed by atoms with Gasteiger partial charge >= 0.3 is 0 Å². The molecule has 2 aromatic carbocycles. The summed E-state index contributed by atoms with van der Waals surface area (Å²) in [5.74, 6) is 0.873. The van der Waals surface area contributed by atoms with E-state index >= 15 is 0 Å². The number of aliphatic hydroxyl groups excluding tert-OH is 1. The van der Waals surface area contributed by atoms with Crippen molar-refractivity contribution in [3.05, 3.63) is 65.9 Å². The van der Waals surface area contributed by atoms with Gasteiger partial charge in [-0.3, -0.25) is 4.68 Å². The zero-order chi connectivity index (χ0) is 17.2. The number of nitrogen functional groups attached to an aromatic ring is 1. The van der Waals surface area contributed by atoms with Gasteiger partial charge in [-0.05, 0) is 42.7 Å². The highest BCUT2D eigenvalue weighted by molar-refractivity contribution is 5.62. The molecule has 0 spiro atoms. The van der Waals surface area contributed by atoms with Crippen LogP contribution in [0.15, 0.2) is 54.6 Å². The first-order valence-electron chi connectivity index (χ1n) is 8.51. The molecule has 0 radical (unpaired) electrons. The smallest absolute Gasteiger partial charge is 0.120 e. The number of nitrogens with zero attached hydrogens (tertiary/aromatic N) is 2. The Kier molecular flexibility index (Phi) is 4.15. The maximum atomic E-state index is 9.50. The highest BCUT2D eigenvalue weighted by Gasteiger charge is 2.23. The molecule has 0 amide bonds. The summed E-state index contributed by atoms with van der Waals surface area (Å²) < 4.78 is 7.78. The van der Waals surface area contributed by atoms with Crippen molar-refractivity contribution < 1.29 is 9.84 Å². The Morgan fingerprint density at radius 3 is 2.72 bits per heavy atom. The number of hydrogen-bond donors (Lipinski definition) is 2. The van der Waals surface area contributed by atoms with Crippen LogP contribution in [0.3, 0.4) is 0 Å². The maximum Gasteiger partial charge on any atom is 0.120 e. The minimum absolute atomic E-state index is 0.0947. The Balaban J connectivity index is 1.69. The third kappa shape index (κ3) is 3.51. The molecule has 1 saturated carbocycles. The average molecular weight is 335 g/mol. The molecule has 1 aromatic heterocycles. The minimum atomic E-state index is -0.0947. The highest BCUT2D eigenvalue weighted by atomic mass is 16.5. The zero-order valence-corrected chi connectivity index (χ0v) is 13.9. The van der Waals surface area contributed by atoms with Crippen molar-refractivity contribution in [2.75, 3.05) is 5.73 Å². The lowest BCUT2D eigenvalue weighted by Gasteiger charge is -2.11. The van der Waals surface area contributed by atoms with Crippen molar-refractivity contribution >= 4 is 5.69 Å². The van der Waals surface area contributed by atoms with Crippen molar-refractivity contribution in [3.63, 3.8) is 0 Å². The molecular formula is C20H21N3O2. The largest absolute Gasteiger partial charge is 0.490 e. The number of aromatic nitrogens is 2. The average Bonchev–Trinajstić information content (AvgIpc) is 3.34. The van der Waals surface area contributed by atoms with E-state index in [2.05, 4.69) is 5.10 Å². The summed E-state index contributed by atoms with van der Waals surface area (Å²) >= 11 is 0. The van der Waals surface area contributed by atoms with Gasteiger partial charge in [0.05, 0.1) is 30.6 Å². The van der Waals surface area contributed by atoms with E-state index in [1.165, 1.54) is 0 Å². The van der Waals surface area contributed by atoms with Gasteiger partial charge in [0.2, 0.25) is 0 Å². The summed E-state index contributed by atoms with van der Waals surface area (Å²) in [5.41, 5.74) is 10.4. The summed E-state index contributed by atoms with van der Waals surface area (Å²) in [5, 5.41) is 14.0. The van der Waals surface area contributed by atoms with Crippen molar-refractivity contribution in [1.29, 1.82) is 0 Å². The molecule has 128 valence electrons. The van der Waals surface area contributed by atoms with Gasteiger partial charge in [-0.15, -0.1) is 0 Å². The summed E-state index contributed by atoms with van der Waals surface area (Å²) in [6.45, 7) is 0.457. The van der Waals surface area contributed by atoms with Crippen LogP contribution in [0.2, 0.25) is 0 Å². The van der Waals surface area contributed by atoms with Gasteiger partial charge in [-0.25, -0.2) is 0 Å². The van der Waals surface area contributed by atoms with E-state index in [-0.39, 0.29) is 6.61 Å². The van der Waals surface area contributed by atoms with E-state index in [9.17, 15) is 5.11 Å². The highest BCUT2D eigenvalue weighted by Crippen LogP contribution is 2.30. The van der Waals surface area contributed by atoms with E-state index in [1.54, 1.807) is 0 Å². The molecule has 1 fully saturated rings. The molecule has 0 bridgehead atoms. The standard InChI is InChI=1S/C20H21N3O2/c21-19-7-2-1-4-15(19)12-23-20(11-16(13-24)22-23)14-5-3-6-18(10-14)25-17-8-9-17/h1-7,10-11,17,24H,8-9,12-13,21H2. The van der Waals surface area contributed by atoms with Gasteiger partial charge in [-0.1, -0.05) is 30.3 Å². The van der Waals surface area contributed by atoms with Crippen LogP contribution in [0.5, 0.6) is 5.75 Å². The molecule has 4 rings (SSSR count). The molecule has 1 aliphatic rings. The Hall–Kier alpha value is -2.79. The summed E-state index contributed by atoms with van der Waals surface area (Å²) in [7, 11) is 0. The molecular weight excluding hydrogens is 314 g/mol. The van der Waals surface area contributed by atoms with Gasteiger partial charge in [0, 0.05) is 11.3 Å². The third-order valence-electron chi connectivity index (χ3n) is 4.32. The van der Waals surface area contributed by atoms with Gasteiger partial charge in [0.15, 0.2) is 0 Å². The number of nitrogens with two attached hydrogens (primary N) is 1. The number of hydrogen-bond acceptors (Lipinski definition) is 4. The van der Waals surface area contributed by atoms with E-state index in [1.807, 2.05) is 59.3 Å². The molecule has 1 aliphatic carbocycles. The normalized spacial score (nSPS) is 13.8. The fourth-order valence-electron chi connectivity index (χ4n) is 2.85. The number of aliphatic hydroxyl groups is 1. The SMILES string of the molecule is Nc1ccccc1Cn1nc(CO)cc1-c1cccc(OC2CC2)c1. The Labute approximate surface area is 146 Å². The molecule has 3 N–H and O–H groups in total. The lowest BCUT2D eigenvalue weighted by molar-refractivity contribution is 0.275. The Bertz CT molecular complexity index is 884. The number of rotatable bonds is 6. The molecule has 0 saturated heterocycles. The number of ether oxygens (including phenoxy) is 1. The molecule has 5 nitrogen and oxygen atoms in total. The monoisotopic (exact) mass is 335 g/mol. The van der Waals surface area contributed by atoms with Crippen LogP contribution in [0, 0.1) is 0 Å². The van der Waals surface area contributed by atoms with Crippen LogP contribution >= 0.6 is 0 Å². The second kappa shape index (κ2) is 6.61. The van der Waals surface area contributed by atoms with Gasteiger partial charge in [-0.2, -0.15) is 5.10 Å². The first kappa shape index (κ1) is 15.7. The van der Waals surface area contributed by atoms with E-state index in [0.717, 1.165) is 41.1 Å². The van der Waals surface area contributed by atoms with Crippen LogP contribution in [0.4, 0.5) is 5.69 Å². The predicted molar refractivity (Wildman–Crippen MR) is 97.2 cm³/mol. The number of anilines is 1. The fraction of sp³-hybridized carbons (Fsp3) is 0.250. The molecule has 0 atom stereocenters. The number of benzene rings is 2. The van der Waals surface area contributed by atoms with Crippen molar-refractivity contribution in [2.24, 2.45) is 0 Å². The molecule has 3 aromatic rings. The van der Waals surface area contributed by atoms with Crippen LogP contribution in [-0.4, -0.2) is 21.0 Å². The van der Waals surface area contributed by atoms with E-state index < -0.39 is 0 Å². The Morgan fingerprint density at radius 1 is 1.12 bits per heavy atom. The zero-order valence-electron chi connectivity index (χ0n) is 13.9. The minimum Gasteiger partial charge on any atom is -0.490 e. The van der Waals surface area contributed by atoms with Crippen molar-refractivity contribution in [3.8, 4) is 17.0 Å².